The van der Waals surface area contributed by atoms with Crippen LogP contribution < -0.4 is 16.8 Å². The molecular formula is C26H26FN7O2. The molecule has 2 aromatic heterocycles. The first-order valence-corrected chi connectivity index (χ1v) is 11.5. The van der Waals surface area contributed by atoms with Crippen molar-refractivity contribution >= 4 is 34.1 Å². The number of ether oxygens (including phenoxy) is 1. The standard InChI is InChI=1S/C26H26FN7O2/c1-14(32-25-22(28)24(29)30-13-31-25)23-20(15-6-4-3-5-7-15)21(26(35)34-11-17(12-34)36-2)18-10-16(27)8-9-19(18)33-23/h3-10,13-14,17H,11-12,28H2,1-2H3,(H3,29,30,31,32). The Kier molecular flexibility index (Phi) is 6.11. The molecule has 3 heterocycles. The van der Waals surface area contributed by atoms with Gasteiger partial charge in [0.15, 0.2) is 11.6 Å². The predicted octanol–water partition coefficient (Wildman–Crippen LogP) is 3.64. The number of rotatable bonds is 6. The molecule has 4 aromatic rings. The number of hydrogen-bond acceptors (Lipinski definition) is 8. The Morgan fingerprint density at radius 1 is 1.17 bits per heavy atom. The lowest BCUT2D eigenvalue weighted by Crippen LogP contribution is -2.54. The molecular weight excluding hydrogens is 461 g/mol. The Hall–Kier alpha value is -4.31. The molecule has 0 radical (unpaired) electrons. The fraction of sp³-hybridized carbons (Fsp3) is 0.231. The molecule has 1 fully saturated rings. The van der Waals surface area contributed by atoms with E-state index in [1.165, 1.54) is 18.5 Å². The molecule has 5 rings (SSSR count). The maximum absolute atomic E-state index is 14.4. The highest BCUT2D eigenvalue weighted by Crippen LogP contribution is 2.38. The number of hydrogen-bond donors (Lipinski definition) is 3. The lowest BCUT2D eigenvalue weighted by Gasteiger charge is -2.39. The van der Waals surface area contributed by atoms with Gasteiger partial charge in [0, 0.05) is 31.1 Å². The fourth-order valence-electron chi connectivity index (χ4n) is 4.40. The summed E-state index contributed by atoms with van der Waals surface area (Å²) < 4.78 is 19.8. The molecule has 0 saturated carbocycles. The van der Waals surface area contributed by atoms with Crippen LogP contribution in [0.2, 0.25) is 0 Å². The Balaban J connectivity index is 1.72. The SMILES string of the molecule is COC1CN(C(=O)c2c(-c3ccccc3)c(C(C)Nc3ncnc(N)c3N)nc3ccc(F)cc23)C1. The molecule has 9 nitrogen and oxygen atoms in total. The second kappa shape index (κ2) is 9.38. The van der Waals surface area contributed by atoms with Crippen molar-refractivity contribution in [2.75, 3.05) is 37.0 Å². The van der Waals surface area contributed by atoms with Gasteiger partial charge in [0.1, 0.15) is 17.8 Å². The number of fused-ring (bicyclic) bond motifs is 1. The zero-order chi connectivity index (χ0) is 25.4. The summed E-state index contributed by atoms with van der Waals surface area (Å²) in [7, 11) is 1.62. The van der Waals surface area contributed by atoms with E-state index in [0.717, 1.165) is 5.56 Å². The van der Waals surface area contributed by atoms with Crippen LogP contribution in [0.25, 0.3) is 22.0 Å². The Labute approximate surface area is 207 Å². The Bertz CT molecular complexity index is 1440. The van der Waals surface area contributed by atoms with E-state index in [1.54, 1.807) is 18.1 Å². The molecule has 1 aliphatic heterocycles. The van der Waals surface area contributed by atoms with Crippen molar-refractivity contribution in [3.05, 3.63) is 71.9 Å². The summed E-state index contributed by atoms with van der Waals surface area (Å²) in [5.74, 6) is -0.141. The highest BCUT2D eigenvalue weighted by Gasteiger charge is 2.35. The number of nitrogens with zero attached hydrogens (tertiary/aromatic N) is 4. The van der Waals surface area contributed by atoms with Crippen LogP contribution in [0.15, 0.2) is 54.9 Å². The molecule has 1 unspecified atom stereocenters. The molecule has 1 amide bonds. The van der Waals surface area contributed by atoms with Gasteiger partial charge in [0.05, 0.1) is 28.9 Å². The van der Waals surface area contributed by atoms with Crippen LogP contribution in [-0.2, 0) is 4.74 Å². The van der Waals surface area contributed by atoms with Crippen LogP contribution in [0.4, 0.5) is 21.7 Å². The number of carbonyl (C=O) groups excluding carboxylic acids is 1. The molecule has 0 spiro atoms. The van der Waals surface area contributed by atoms with Crippen molar-refractivity contribution < 1.29 is 13.9 Å². The summed E-state index contributed by atoms with van der Waals surface area (Å²) in [5.41, 5.74) is 15.0. The van der Waals surface area contributed by atoms with E-state index < -0.39 is 11.9 Å². The smallest absolute Gasteiger partial charge is 0.255 e. The molecule has 1 atom stereocenters. The fourth-order valence-corrected chi connectivity index (χ4v) is 4.40. The molecule has 5 N–H and O–H groups in total. The average molecular weight is 488 g/mol. The highest BCUT2D eigenvalue weighted by atomic mass is 19.1. The van der Waals surface area contributed by atoms with E-state index in [-0.39, 0.29) is 23.5 Å². The maximum Gasteiger partial charge on any atom is 0.255 e. The number of amides is 1. The van der Waals surface area contributed by atoms with Crippen LogP contribution in [0.5, 0.6) is 0 Å². The van der Waals surface area contributed by atoms with Crippen molar-refractivity contribution in [3.8, 4) is 11.1 Å². The van der Waals surface area contributed by atoms with Gasteiger partial charge >= 0.3 is 0 Å². The minimum atomic E-state index is -0.445. The van der Waals surface area contributed by atoms with Crippen LogP contribution >= 0.6 is 0 Å². The van der Waals surface area contributed by atoms with Crippen molar-refractivity contribution in [3.63, 3.8) is 0 Å². The van der Waals surface area contributed by atoms with Crippen LogP contribution in [0.3, 0.4) is 0 Å². The number of likely N-dealkylation sites (tertiary alicyclic amines) is 1. The molecule has 2 aromatic carbocycles. The Morgan fingerprint density at radius 3 is 2.64 bits per heavy atom. The number of nitrogen functional groups attached to an aromatic ring is 2. The van der Waals surface area contributed by atoms with Gasteiger partial charge in [0.2, 0.25) is 0 Å². The van der Waals surface area contributed by atoms with E-state index in [1.807, 2.05) is 37.3 Å². The van der Waals surface area contributed by atoms with Gasteiger partial charge in [-0.05, 0) is 30.7 Å². The quantitative estimate of drug-likeness (QED) is 0.376. The highest BCUT2D eigenvalue weighted by molar-refractivity contribution is 6.12. The first-order chi connectivity index (χ1) is 17.4. The summed E-state index contributed by atoms with van der Waals surface area (Å²) in [6, 6.07) is 13.3. The van der Waals surface area contributed by atoms with Gasteiger partial charge in [-0.25, -0.2) is 19.3 Å². The second-order valence-electron chi connectivity index (χ2n) is 8.73. The number of halogens is 1. The largest absolute Gasteiger partial charge is 0.393 e. The summed E-state index contributed by atoms with van der Waals surface area (Å²) >= 11 is 0. The number of nitrogens with one attached hydrogen (secondary N) is 1. The number of methoxy groups -OCH3 is 1. The molecule has 10 heteroatoms. The topological polar surface area (TPSA) is 132 Å². The molecule has 0 bridgehead atoms. The second-order valence-corrected chi connectivity index (χ2v) is 8.73. The van der Waals surface area contributed by atoms with Gasteiger partial charge in [-0.15, -0.1) is 0 Å². The first-order valence-electron chi connectivity index (χ1n) is 11.5. The Morgan fingerprint density at radius 2 is 1.92 bits per heavy atom. The lowest BCUT2D eigenvalue weighted by atomic mass is 9.90. The van der Waals surface area contributed by atoms with E-state index in [9.17, 15) is 9.18 Å². The van der Waals surface area contributed by atoms with Crippen LogP contribution in [-0.4, -0.2) is 52.1 Å². The van der Waals surface area contributed by atoms with Gasteiger partial charge in [-0.1, -0.05) is 30.3 Å². The number of aromatic nitrogens is 3. The zero-order valence-corrected chi connectivity index (χ0v) is 19.9. The van der Waals surface area contributed by atoms with Crippen molar-refractivity contribution in [2.45, 2.75) is 19.1 Å². The number of anilines is 3. The van der Waals surface area contributed by atoms with E-state index in [2.05, 4.69) is 15.3 Å². The molecule has 36 heavy (non-hydrogen) atoms. The minimum absolute atomic E-state index is 0.0229. The monoisotopic (exact) mass is 487 g/mol. The van der Waals surface area contributed by atoms with E-state index in [0.29, 0.717) is 46.6 Å². The van der Waals surface area contributed by atoms with Gasteiger partial charge in [-0.2, -0.15) is 0 Å². The summed E-state index contributed by atoms with van der Waals surface area (Å²) in [5, 5.41) is 3.70. The zero-order valence-electron chi connectivity index (χ0n) is 19.9. The molecule has 1 aliphatic rings. The van der Waals surface area contributed by atoms with Crippen molar-refractivity contribution in [2.24, 2.45) is 0 Å². The normalized spacial score (nSPS) is 14.5. The van der Waals surface area contributed by atoms with Crippen molar-refractivity contribution in [1.29, 1.82) is 0 Å². The number of nitrogens with two attached hydrogens (primary N) is 2. The average Bonchev–Trinajstić information content (AvgIpc) is 2.85. The van der Waals surface area contributed by atoms with E-state index in [4.69, 9.17) is 21.2 Å². The van der Waals surface area contributed by atoms with E-state index >= 15 is 0 Å². The predicted molar refractivity (Wildman–Crippen MR) is 137 cm³/mol. The lowest BCUT2D eigenvalue weighted by molar-refractivity contribution is -0.0190. The summed E-state index contributed by atoms with van der Waals surface area (Å²) in [4.78, 5) is 28.6. The number of benzene rings is 2. The number of carbonyl (C=O) groups is 1. The first kappa shape index (κ1) is 23.4. The third-order valence-electron chi connectivity index (χ3n) is 6.40. The van der Waals surface area contributed by atoms with Gasteiger partial charge in [0.25, 0.3) is 5.91 Å². The van der Waals surface area contributed by atoms with Crippen LogP contribution in [0, 0.1) is 5.82 Å². The minimum Gasteiger partial charge on any atom is -0.393 e. The van der Waals surface area contributed by atoms with Gasteiger partial charge in [-0.3, -0.25) is 4.79 Å². The van der Waals surface area contributed by atoms with Crippen LogP contribution in [0.1, 0.15) is 29.0 Å². The third kappa shape index (κ3) is 4.16. The molecule has 0 aliphatic carbocycles. The van der Waals surface area contributed by atoms with Crippen molar-refractivity contribution in [1.82, 2.24) is 19.9 Å². The summed E-state index contributed by atoms with van der Waals surface area (Å²) in [6.45, 7) is 2.81. The molecule has 1 saturated heterocycles. The molecule has 184 valence electrons. The van der Waals surface area contributed by atoms with Gasteiger partial charge < -0.3 is 26.4 Å². The number of pyridine rings is 1. The summed E-state index contributed by atoms with van der Waals surface area (Å²) in [6.07, 6.45) is 1.30. The maximum atomic E-state index is 14.4. The third-order valence-corrected chi connectivity index (χ3v) is 6.40.